The van der Waals surface area contributed by atoms with Crippen molar-refractivity contribution < 1.29 is 33.1 Å². The molecule has 0 aliphatic rings. The van der Waals surface area contributed by atoms with Crippen LogP contribution in [0.1, 0.15) is 30.9 Å². The number of rotatable bonds is 3. The Hall–Kier alpha value is -2.94. The largest absolute Gasteiger partial charge is 0.312 e. The van der Waals surface area contributed by atoms with Crippen molar-refractivity contribution in [3.05, 3.63) is 83.5 Å². The second-order valence-corrected chi connectivity index (χ2v) is 7.53. The van der Waals surface area contributed by atoms with Gasteiger partial charge in [-0.1, -0.05) is 31.5 Å². The molecule has 0 saturated heterocycles. The van der Waals surface area contributed by atoms with Gasteiger partial charge in [0.05, 0.1) is 6.57 Å². The molecule has 30 heavy (non-hydrogen) atoms. The third-order valence-corrected chi connectivity index (χ3v) is 4.49. The molecule has 0 aliphatic carbocycles. The Morgan fingerprint density at radius 2 is 1.90 bits per heavy atom. The van der Waals surface area contributed by atoms with Crippen LogP contribution < -0.4 is 0 Å². The van der Waals surface area contributed by atoms with Gasteiger partial charge in [0.25, 0.3) is 0 Å². The third kappa shape index (κ3) is 7.14. The van der Waals surface area contributed by atoms with E-state index < -0.39 is 10.1 Å². The molecule has 7 nitrogen and oxygen atoms in total. The monoisotopic (exact) mass is 598 g/mol. The summed E-state index contributed by atoms with van der Waals surface area (Å²) in [6, 6.07) is 16.7. The predicted octanol–water partition coefficient (Wildman–Crippen LogP) is 4.42. The predicted molar refractivity (Wildman–Crippen MR) is 108 cm³/mol. The fraction of sp³-hybridized carbons (Fsp3) is 0.143. The summed E-state index contributed by atoms with van der Waals surface area (Å²) in [5, 5.41) is 8.53. The van der Waals surface area contributed by atoms with Gasteiger partial charge in [0.1, 0.15) is 5.69 Å². The molecule has 2 aromatic heterocycles. The van der Waals surface area contributed by atoms with Gasteiger partial charge in [-0.15, -0.1) is 23.8 Å². The minimum Gasteiger partial charge on any atom is -0.295 e. The van der Waals surface area contributed by atoms with Gasteiger partial charge in [0.15, 0.2) is 5.03 Å². The molecule has 0 saturated carbocycles. The molecule has 2 heterocycles. The third-order valence-electron chi connectivity index (χ3n) is 3.73. The summed E-state index contributed by atoms with van der Waals surface area (Å²) in [5.74, 6) is 0.212. The molecule has 0 fully saturated rings. The van der Waals surface area contributed by atoms with Crippen LogP contribution in [-0.4, -0.2) is 22.9 Å². The van der Waals surface area contributed by atoms with Crippen LogP contribution in [0.15, 0.2) is 59.9 Å². The molecule has 155 valence electrons. The number of benzene rings is 1. The van der Waals surface area contributed by atoms with E-state index in [9.17, 15) is 8.42 Å². The number of hydrogen-bond donors (Lipinski definition) is 1. The Morgan fingerprint density at radius 1 is 1.17 bits per heavy atom. The summed E-state index contributed by atoms with van der Waals surface area (Å²) in [6.45, 7) is 10.8. The summed E-state index contributed by atoms with van der Waals surface area (Å²) in [6.07, 6.45) is 3.04. The fourth-order valence-corrected chi connectivity index (χ4v) is 2.74. The minimum absolute atomic E-state index is 0. The van der Waals surface area contributed by atoms with Gasteiger partial charge >= 0.3 is 10.1 Å². The van der Waals surface area contributed by atoms with E-state index in [1.54, 1.807) is 18.3 Å². The number of nitrogens with zero attached hydrogens (tertiary/aromatic N) is 4. The summed E-state index contributed by atoms with van der Waals surface area (Å²) >= 11 is 0. The van der Waals surface area contributed by atoms with E-state index in [4.69, 9.17) is 16.4 Å². The smallest absolute Gasteiger partial charge is 0.295 e. The van der Waals surface area contributed by atoms with Crippen LogP contribution in [0.4, 0.5) is 5.69 Å². The van der Waals surface area contributed by atoms with Crippen LogP contribution in [0, 0.1) is 24.0 Å². The molecule has 0 atom stereocenters. The van der Waals surface area contributed by atoms with Crippen LogP contribution in [-0.2, 0) is 30.2 Å². The average molecular weight is 598 g/mol. The first-order valence-electron chi connectivity index (χ1n) is 8.44. The van der Waals surface area contributed by atoms with E-state index >= 15 is 0 Å². The van der Waals surface area contributed by atoms with Crippen LogP contribution in [0.25, 0.3) is 16.1 Å². The second-order valence-electron chi connectivity index (χ2n) is 6.16. The van der Waals surface area contributed by atoms with Gasteiger partial charge in [-0.3, -0.25) is 14.4 Å². The second kappa shape index (κ2) is 11.3. The maximum Gasteiger partial charge on any atom is 0.312 e. The molecule has 3 rings (SSSR count). The molecule has 1 aromatic carbocycles. The standard InChI is InChI=1S/C13H6N3.C8H11NO3S.Ir/c1-15-12-7-10(9-14)6-11(8-12)13-4-2-3-5-16-13;1-6(2)7-3-4-9-8(5-7)13(10,11)12;/h2-5,7-8H;3-6H,1-2H3,(H,10,11,12);/q-1;;. The van der Waals surface area contributed by atoms with Gasteiger partial charge in [0, 0.05) is 38.2 Å². The topological polar surface area (TPSA) is 108 Å². The first kappa shape index (κ1) is 25.1. The summed E-state index contributed by atoms with van der Waals surface area (Å²) < 4.78 is 30.1. The van der Waals surface area contributed by atoms with Crippen molar-refractivity contribution in [1.29, 1.82) is 5.26 Å². The van der Waals surface area contributed by atoms with Crippen molar-refractivity contribution >= 4 is 15.8 Å². The van der Waals surface area contributed by atoms with Crippen LogP contribution >= 0.6 is 0 Å². The van der Waals surface area contributed by atoms with E-state index in [0.29, 0.717) is 22.5 Å². The van der Waals surface area contributed by atoms with Crippen molar-refractivity contribution in [3.8, 4) is 17.3 Å². The molecule has 1 N–H and O–H groups in total. The first-order valence-corrected chi connectivity index (χ1v) is 9.88. The zero-order chi connectivity index (χ0) is 21.4. The number of aromatic nitrogens is 2. The van der Waals surface area contributed by atoms with E-state index in [0.717, 1.165) is 5.56 Å². The number of nitriles is 1. The SMILES string of the molecule is CC(C)c1ccnc(S(=O)(=O)O)c1.[C-]#[N+]c1cc(C#N)[c-]c(-c2ccccn2)c1.[Ir]. The van der Waals surface area contributed by atoms with E-state index in [1.807, 2.05) is 38.1 Å². The molecule has 0 bridgehead atoms. The molecular weight excluding hydrogens is 581 g/mol. The van der Waals surface area contributed by atoms with Crippen LogP contribution in [0.5, 0.6) is 0 Å². The van der Waals surface area contributed by atoms with Crippen LogP contribution in [0.2, 0.25) is 0 Å². The van der Waals surface area contributed by atoms with Crippen molar-refractivity contribution in [2.75, 3.05) is 0 Å². The molecule has 3 aromatic rings. The number of hydrogen-bond acceptors (Lipinski definition) is 5. The van der Waals surface area contributed by atoms with Crippen molar-refractivity contribution in [2.24, 2.45) is 0 Å². The Bertz CT molecular complexity index is 1150. The molecule has 0 aliphatic heterocycles. The zero-order valence-corrected chi connectivity index (χ0v) is 19.3. The van der Waals surface area contributed by atoms with Crippen LogP contribution in [0.3, 0.4) is 0 Å². The molecule has 0 unspecified atom stereocenters. The molecule has 9 heteroatoms. The quantitative estimate of drug-likeness (QED) is 0.354. The maximum atomic E-state index is 10.7. The molecular formula is C21H17IrN4O3S-. The maximum absolute atomic E-state index is 10.7. The zero-order valence-electron chi connectivity index (χ0n) is 16.1. The van der Waals surface area contributed by atoms with Gasteiger partial charge in [-0.2, -0.15) is 8.42 Å². The van der Waals surface area contributed by atoms with E-state index in [2.05, 4.69) is 20.9 Å². The Labute approximate surface area is 189 Å². The van der Waals surface area contributed by atoms with Crippen molar-refractivity contribution in [3.63, 3.8) is 0 Å². The first-order chi connectivity index (χ1) is 13.7. The van der Waals surface area contributed by atoms with E-state index in [1.165, 1.54) is 18.3 Å². The van der Waals surface area contributed by atoms with Gasteiger partial charge in [0.2, 0.25) is 0 Å². The van der Waals surface area contributed by atoms with Gasteiger partial charge < -0.3 is 0 Å². The van der Waals surface area contributed by atoms with Gasteiger partial charge in [-0.25, -0.2) is 10.2 Å². The Kier molecular flexibility index (Phi) is 9.45. The average Bonchev–Trinajstić information content (AvgIpc) is 2.74. The summed E-state index contributed by atoms with van der Waals surface area (Å²) in [5.41, 5.74) is 3.00. The molecule has 0 amide bonds. The molecule has 1 radical (unpaired) electrons. The normalized spacial score (nSPS) is 10.1. The Balaban J connectivity index is 0.000000297. The van der Waals surface area contributed by atoms with Gasteiger partial charge in [-0.05, 0) is 35.7 Å². The van der Waals surface area contributed by atoms with Crippen molar-refractivity contribution in [1.82, 2.24) is 9.97 Å². The van der Waals surface area contributed by atoms with Crippen molar-refractivity contribution in [2.45, 2.75) is 24.8 Å². The van der Waals surface area contributed by atoms with E-state index in [-0.39, 0.29) is 31.0 Å². The number of pyridine rings is 2. The fourth-order valence-electron chi connectivity index (χ4n) is 2.26. The minimum atomic E-state index is -4.17. The summed E-state index contributed by atoms with van der Waals surface area (Å²) in [7, 11) is -4.17. The molecule has 0 spiro atoms. The summed E-state index contributed by atoms with van der Waals surface area (Å²) in [4.78, 5) is 11.0. The Morgan fingerprint density at radius 3 is 2.43 bits per heavy atom.